The molecule has 1 unspecified atom stereocenters. The molecule has 5 nitrogen and oxygen atoms in total. The maximum Gasteiger partial charge on any atom is 0.237 e. The summed E-state index contributed by atoms with van der Waals surface area (Å²) in [6.07, 6.45) is 13.3. The number of nitrogens with one attached hydrogen (secondary N) is 1. The maximum atomic E-state index is 12.6. The van der Waals surface area contributed by atoms with E-state index in [4.69, 9.17) is 11.6 Å². The van der Waals surface area contributed by atoms with Crippen molar-refractivity contribution in [1.82, 2.24) is 14.5 Å². The van der Waals surface area contributed by atoms with Crippen LogP contribution >= 0.6 is 23.5 Å². The SMILES string of the molecule is C=C/C=C(\C=C1\CCN(C(=O)CNC(C)C)C1C)SN1CCCN(c2cccc(Cl)c2)CC1.C=C/C=C(\CC)C(C)C.CC. The monoisotopic (exact) mass is 642 g/mol. The van der Waals surface area contributed by atoms with Gasteiger partial charge >= 0.3 is 0 Å². The van der Waals surface area contributed by atoms with Gasteiger partial charge in [-0.25, -0.2) is 4.31 Å². The maximum absolute atomic E-state index is 12.6. The largest absolute Gasteiger partial charge is 0.370 e. The Morgan fingerprint density at radius 3 is 2.34 bits per heavy atom. The number of halogens is 1. The van der Waals surface area contributed by atoms with E-state index in [1.807, 2.05) is 49.1 Å². The van der Waals surface area contributed by atoms with Crippen LogP contribution in [0.25, 0.3) is 0 Å². The molecule has 1 N–H and O–H groups in total. The smallest absolute Gasteiger partial charge is 0.237 e. The third-order valence-electron chi connectivity index (χ3n) is 7.58. The zero-order chi connectivity index (χ0) is 33.1. The molecule has 0 spiro atoms. The van der Waals surface area contributed by atoms with Gasteiger partial charge in [0.1, 0.15) is 0 Å². The summed E-state index contributed by atoms with van der Waals surface area (Å²) in [4.78, 5) is 18.2. The summed E-state index contributed by atoms with van der Waals surface area (Å²) in [5.41, 5.74) is 3.98. The average Bonchev–Trinajstić information content (AvgIpc) is 3.20. The lowest BCUT2D eigenvalue weighted by Crippen LogP contribution is -2.41. The molecule has 3 rings (SSSR count). The van der Waals surface area contributed by atoms with E-state index < -0.39 is 0 Å². The number of allylic oxidation sites excluding steroid dienone is 6. The van der Waals surface area contributed by atoms with Gasteiger partial charge in [-0.05, 0) is 80.0 Å². The predicted octanol–water partition coefficient (Wildman–Crippen LogP) is 9.31. The number of hydrogen-bond donors (Lipinski definition) is 1. The van der Waals surface area contributed by atoms with Crippen LogP contribution in [0.3, 0.4) is 0 Å². The average molecular weight is 643 g/mol. The van der Waals surface area contributed by atoms with Crippen LogP contribution in [0.15, 0.2) is 83.9 Å². The van der Waals surface area contributed by atoms with Crippen LogP contribution < -0.4 is 10.2 Å². The van der Waals surface area contributed by atoms with Gasteiger partial charge in [-0.3, -0.25) is 4.79 Å². The van der Waals surface area contributed by atoms with Gasteiger partial charge in [-0.15, -0.1) is 0 Å². The van der Waals surface area contributed by atoms with E-state index in [2.05, 4.69) is 93.5 Å². The summed E-state index contributed by atoms with van der Waals surface area (Å²) in [7, 11) is 0. The summed E-state index contributed by atoms with van der Waals surface area (Å²) in [6, 6.07) is 8.55. The second-order valence-corrected chi connectivity index (χ2v) is 13.0. The predicted molar refractivity (Wildman–Crippen MR) is 197 cm³/mol. The Bertz CT molecular complexity index is 1110. The second-order valence-electron chi connectivity index (χ2n) is 11.4. The Morgan fingerprint density at radius 1 is 1.07 bits per heavy atom. The van der Waals surface area contributed by atoms with Crippen molar-refractivity contribution in [3.63, 3.8) is 0 Å². The van der Waals surface area contributed by atoms with Crippen LogP contribution in [0.4, 0.5) is 5.69 Å². The molecule has 0 bridgehead atoms. The molecule has 1 atom stereocenters. The molecule has 2 aliphatic heterocycles. The summed E-state index contributed by atoms with van der Waals surface area (Å²) in [5, 5.41) is 4.02. The standard InChI is InChI=1S/C26H37ClN4OS.C9H16.C2H6/c1-5-8-25(17-22-11-14-31(21(22)4)26(32)19-28-20(2)3)33-30-13-7-12-29(15-16-30)24-10-6-9-23(27)18-24;1-5-7-9(6-2)8(3)4;1-2/h5-6,8-10,17-18,20-21,28H,1,7,11-16,19H2,2-4H3;5,7-8H,1,6H2,2-4H3;1-2H3/b22-17-,25-8+;9-7+;. The minimum atomic E-state index is 0.128. The van der Waals surface area contributed by atoms with Gasteiger partial charge < -0.3 is 15.1 Å². The van der Waals surface area contributed by atoms with Gasteiger partial charge in [0.15, 0.2) is 0 Å². The van der Waals surface area contributed by atoms with Crippen molar-refractivity contribution in [2.24, 2.45) is 5.92 Å². The first kappa shape index (κ1) is 39.8. The number of rotatable bonds is 11. The molecule has 7 heteroatoms. The number of carbonyl (C=O) groups is 1. The molecule has 0 aromatic heterocycles. The van der Waals surface area contributed by atoms with E-state index in [1.165, 1.54) is 21.7 Å². The lowest BCUT2D eigenvalue weighted by Gasteiger charge is -2.24. The van der Waals surface area contributed by atoms with Crippen LogP contribution in [0.1, 0.15) is 74.7 Å². The minimum absolute atomic E-state index is 0.128. The molecular weight excluding hydrogens is 584 g/mol. The van der Waals surface area contributed by atoms with Gasteiger partial charge in [-0.1, -0.05) is 103 Å². The normalized spacial score (nSPS) is 18.9. The molecule has 2 saturated heterocycles. The summed E-state index contributed by atoms with van der Waals surface area (Å²) in [6.45, 7) is 29.6. The third-order valence-corrected chi connectivity index (χ3v) is 8.90. The highest BCUT2D eigenvalue weighted by Crippen LogP contribution is 2.31. The number of benzene rings is 1. The summed E-state index contributed by atoms with van der Waals surface area (Å²) < 4.78 is 2.44. The zero-order valence-corrected chi connectivity index (χ0v) is 30.3. The van der Waals surface area contributed by atoms with E-state index in [0.29, 0.717) is 18.5 Å². The van der Waals surface area contributed by atoms with E-state index in [0.717, 1.165) is 57.0 Å². The Balaban J connectivity index is 0.000000756. The number of anilines is 1. The van der Waals surface area contributed by atoms with E-state index in [-0.39, 0.29) is 11.9 Å². The van der Waals surface area contributed by atoms with Crippen molar-refractivity contribution in [3.8, 4) is 0 Å². The lowest BCUT2D eigenvalue weighted by atomic mass is 10.0. The van der Waals surface area contributed by atoms with Crippen molar-refractivity contribution in [1.29, 1.82) is 0 Å². The molecule has 0 saturated carbocycles. The Kier molecular flexibility index (Phi) is 20.1. The van der Waals surface area contributed by atoms with E-state index >= 15 is 0 Å². The molecule has 2 aliphatic rings. The molecule has 2 heterocycles. The quantitative estimate of drug-likeness (QED) is 0.192. The van der Waals surface area contributed by atoms with Gasteiger partial charge in [0.2, 0.25) is 5.91 Å². The van der Waals surface area contributed by atoms with Crippen LogP contribution in [-0.4, -0.2) is 66.5 Å². The molecule has 1 aromatic rings. The topological polar surface area (TPSA) is 38.8 Å². The van der Waals surface area contributed by atoms with Crippen molar-refractivity contribution in [2.75, 3.05) is 44.2 Å². The number of hydrogen-bond acceptors (Lipinski definition) is 5. The van der Waals surface area contributed by atoms with Crippen LogP contribution in [-0.2, 0) is 4.79 Å². The molecule has 1 amide bonds. The fourth-order valence-electron chi connectivity index (χ4n) is 5.12. The third kappa shape index (κ3) is 14.2. The first-order chi connectivity index (χ1) is 21.1. The highest BCUT2D eigenvalue weighted by Gasteiger charge is 2.29. The second kappa shape index (κ2) is 22.3. The number of amides is 1. The van der Waals surface area contributed by atoms with Gasteiger partial charge in [-0.2, -0.15) is 0 Å². The van der Waals surface area contributed by atoms with Gasteiger partial charge in [0.05, 0.1) is 12.6 Å². The molecule has 0 aliphatic carbocycles. The van der Waals surface area contributed by atoms with Gasteiger partial charge in [0, 0.05) is 54.4 Å². The van der Waals surface area contributed by atoms with E-state index in [9.17, 15) is 4.79 Å². The fourth-order valence-corrected chi connectivity index (χ4v) is 6.35. The Labute approximate surface area is 279 Å². The van der Waals surface area contributed by atoms with Crippen molar-refractivity contribution >= 4 is 35.1 Å². The molecule has 1 aromatic carbocycles. The van der Waals surface area contributed by atoms with E-state index in [1.54, 1.807) is 11.9 Å². The lowest BCUT2D eigenvalue weighted by molar-refractivity contribution is -0.130. The highest BCUT2D eigenvalue weighted by molar-refractivity contribution is 8.01. The van der Waals surface area contributed by atoms with Crippen molar-refractivity contribution in [3.05, 3.63) is 88.9 Å². The number of nitrogens with zero attached hydrogens (tertiary/aromatic N) is 3. The van der Waals surface area contributed by atoms with Crippen molar-refractivity contribution < 1.29 is 4.79 Å². The molecule has 2 fully saturated rings. The number of carbonyl (C=O) groups excluding carboxylic acids is 1. The Morgan fingerprint density at radius 2 is 1.77 bits per heavy atom. The Hall–Kier alpha value is -2.25. The number of likely N-dealkylation sites (tertiary alicyclic amines) is 1. The first-order valence-corrected chi connectivity index (χ1v) is 17.6. The van der Waals surface area contributed by atoms with Crippen LogP contribution in [0.5, 0.6) is 0 Å². The molecular formula is C37H59ClN4OS. The molecule has 44 heavy (non-hydrogen) atoms. The summed E-state index contributed by atoms with van der Waals surface area (Å²) in [5.74, 6) is 0.850. The zero-order valence-electron chi connectivity index (χ0n) is 28.7. The minimum Gasteiger partial charge on any atom is -0.370 e. The van der Waals surface area contributed by atoms with Gasteiger partial charge in [0.25, 0.3) is 0 Å². The van der Waals surface area contributed by atoms with Crippen LogP contribution in [0, 0.1) is 5.92 Å². The summed E-state index contributed by atoms with van der Waals surface area (Å²) >= 11 is 7.99. The highest BCUT2D eigenvalue weighted by atomic mass is 35.5. The first-order valence-electron chi connectivity index (χ1n) is 16.4. The molecule has 246 valence electrons. The molecule has 0 radical (unpaired) electrons. The van der Waals surface area contributed by atoms with Crippen molar-refractivity contribution in [2.45, 2.75) is 86.7 Å². The van der Waals surface area contributed by atoms with Crippen LogP contribution in [0.2, 0.25) is 5.02 Å². The fraction of sp³-hybridized carbons (Fsp3) is 0.541.